The highest BCUT2D eigenvalue weighted by atomic mass is 19.1. The number of amides is 1. The zero-order valence-electron chi connectivity index (χ0n) is 16.0. The first kappa shape index (κ1) is 19.9. The fourth-order valence-electron chi connectivity index (χ4n) is 3.19. The minimum absolute atomic E-state index is 0.116. The van der Waals surface area contributed by atoms with Gasteiger partial charge in [0.2, 0.25) is 5.91 Å². The Kier molecular flexibility index (Phi) is 5.23. The van der Waals surface area contributed by atoms with E-state index in [-0.39, 0.29) is 12.2 Å². The third-order valence-corrected chi connectivity index (χ3v) is 4.62. The number of aromatic nitrogens is 2. The molecule has 1 amide bonds. The van der Waals surface area contributed by atoms with Crippen molar-refractivity contribution >= 4 is 28.1 Å². The molecule has 1 heterocycles. The first-order valence-corrected chi connectivity index (χ1v) is 9.22. The highest BCUT2D eigenvalue weighted by molar-refractivity contribution is 5.95. The molecule has 0 aliphatic heterocycles. The smallest absolute Gasteiger partial charge is 0.275 e. The number of hydrogen-bond acceptors (Lipinski definition) is 5. The van der Waals surface area contributed by atoms with Crippen LogP contribution in [0.25, 0.3) is 22.0 Å². The molecule has 0 atom stereocenters. The summed E-state index contributed by atoms with van der Waals surface area (Å²) in [5.41, 5.74) is 0.569. The Morgan fingerprint density at radius 3 is 2.45 bits per heavy atom. The summed E-state index contributed by atoms with van der Waals surface area (Å²) in [4.78, 5) is 36.0. The van der Waals surface area contributed by atoms with E-state index in [1.165, 1.54) is 42.5 Å². The Hall–Kier alpha value is -4.40. The van der Waals surface area contributed by atoms with Gasteiger partial charge in [0.05, 0.1) is 16.0 Å². The average molecular weight is 418 g/mol. The van der Waals surface area contributed by atoms with Crippen molar-refractivity contribution < 1.29 is 14.1 Å². The molecule has 9 heteroatoms. The Morgan fingerprint density at radius 1 is 1.03 bits per heavy atom. The SMILES string of the molecule is O=C(Cn1nc(-c2cccc([N+](=O)[O-])c2)c2ccccc2c1=O)Nc1ccc(F)cc1. The molecule has 154 valence electrons. The number of anilines is 1. The van der Waals surface area contributed by atoms with Gasteiger partial charge in [0, 0.05) is 28.8 Å². The highest BCUT2D eigenvalue weighted by Crippen LogP contribution is 2.27. The number of non-ortho nitro benzene ring substituents is 1. The first-order chi connectivity index (χ1) is 14.9. The molecule has 4 rings (SSSR count). The van der Waals surface area contributed by atoms with Gasteiger partial charge in [-0.3, -0.25) is 19.7 Å². The predicted octanol–water partition coefficient (Wildman–Crippen LogP) is 3.75. The molecule has 3 aromatic carbocycles. The second-order valence-electron chi connectivity index (χ2n) is 6.72. The van der Waals surface area contributed by atoms with Crippen molar-refractivity contribution in [2.45, 2.75) is 6.54 Å². The fourth-order valence-corrected chi connectivity index (χ4v) is 3.19. The van der Waals surface area contributed by atoms with Crippen molar-refractivity contribution in [3.05, 3.63) is 99.1 Å². The topological polar surface area (TPSA) is 107 Å². The van der Waals surface area contributed by atoms with Crippen molar-refractivity contribution in [2.24, 2.45) is 0 Å². The maximum atomic E-state index is 13.0. The largest absolute Gasteiger partial charge is 0.324 e. The summed E-state index contributed by atoms with van der Waals surface area (Å²) in [7, 11) is 0. The van der Waals surface area contributed by atoms with Gasteiger partial charge in [0.25, 0.3) is 11.2 Å². The molecular weight excluding hydrogens is 403 g/mol. The van der Waals surface area contributed by atoms with E-state index in [2.05, 4.69) is 10.4 Å². The minimum atomic E-state index is -0.526. The quantitative estimate of drug-likeness (QED) is 0.392. The molecule has 0 fully saturated rings. The molecule has 8 nitrogen and oxygen atoms in total. The fraction of sp³-hybridized carbons (Fsp3) is 0.0455. The van der Waals surface area contributed by atoms with Gasteiger partial charge < -0.3 is 5.32 Å². The molecule has 0 radical (unpaired) electrons. The highest BCUT2D eigenvalue weighted by Gasteiger charge is 2.16. The number of nitrogens with zero attached hydrogens (tertiary/aromatic N) is 3. The number of nitro groups is 1. The molecule has 0 aliphatic rings. The van der Waals surface area contributed by atoms with Gasteiger partial charge in [0.15, 0.2) is 0 Å². The van der Waals surface area contributed by atoms with Crippen LogP contribution in [0.2, 0.25) is 0 Å². The molecule has 0 spiro atoms. The van der Waals surface area contributed by atoms with Crippen molar-refractivity contribution in [1.29, 1.82) is 0 Å². The third kappa shape index (κ3) is 4.15. The summed E-state index contributed by atoms with van der Waals surface area (Å²) in [5.74, 6) is -0.964. The summed E-state index contributed by atoms with van der Waals surface area (Å²) in [6, 6.07) is 17.8. The second-order valence-corrected chi connectivity index (χ2v) is 6.72. The number of benzene rings is 3. The van der Waals surface area contributed by atoms with E-state index in [1.54, 1.807) is 30.3 Å². The molecule has 1 aromatic heterocycles. The lowest BCUT2D eigenvalue weighted by Crippen LogP contribution is -2.30. The Labute approximate surface area is 174 Å². The van der Waals surface area contributed by atoms with E-state index < -0.39 is 22.2 Å². The maximum absolute atomic E-state index is 13.0. The van der Waals surface area contributed by atoms with Crippen molar-refractivity contribution in [2.75, 3.05) is 5.32 Å². The molecule has 4 aromatic rings. The van der Waals surface area contributed by atoms with Crippen LogP contribution in [-0.2, 0) is 11.3 Å². The van der Waals surface area contributed by atoms with Crippen LogP contribution >= 0.6 is 0 Å². The van der Waals surface area contributed by atoms with Gasteiger partial charge in [-0.2, -0.15) is 5.10 Å². The number of fused-ring (bicyclic) bond motifs is 1. The number of nitro benzene ring substituents is 1. The zero-order valence-corrected chi connectivity index (χ0v) is 16.0. The monoisotopic (exact) mass is 418 g/mol. The van der Waals surface area contributed by atoms with E-state index in [0.29, 0.717) is 27.7 Å². The van der Waals surface area contributed by atoms with Gasteiger partial charge in [-0.25, -0.2) is 9.07 Å². The summed E-state index contributed by atoms with van der Waals surface area (Å²) in [6.07, 6.45) is 0. The second kappa shape index (κ2) is 8.15. The zero-order chi connectivity index (χ0) is 22.0. The lowest BCUT2D eigenvalue weighted by atomic mass is 10.0. The van der Waals surface area contributed by atoms with Gasteiger partial charge >= 0.3 is 0 Å². The molecule has 1 N–H and O–H groups in total. The first-order valence-electron chi connectivity index (χ1n) is 9.22. The van der Waals surface area contributed by atoms with Crippen molar-refractivity contribution in [3.8, 4) is 11.3 Å². The van der Waals surface area contributed by atoms with E-state index in [0.717, 1.165) is 4.68 Å². The standard InChI is InChI=1S/C22H15FN4O4/c23-15-8-10-16(11-9-15)24-20(28)13-26-22(29)19-7-2-1-6-18(19)21(25-26)14-4-3-5-17(12-14)27(30)31/h1-12H,13H2,(H,24,28). The van der Waals surface area contributed by atoms with Crippen LogP contribution < -0.4 is 10.9 Å². The third-order valence-electron chi connectivity index (χ3n) is 4.62. The Morgan fingerprint density at radius 2 is 1.74 bits per heavy atom. The molecule has 0 saturated heterocycles. The minimum Gasteiger partial charge on any atom is -0.324 e. The van der Waals surface area contributed by atoms with E-state index in [4.69, 9.17) is 0 Å². The van der Waals surface area contributed by atoms with Crippen molar-refractivity contribution in [3.63, 3.8) is 0 Å². The normalized spacial score (nSPS) is 10.7. The molecule has 0 bridgehead atoms. The molecule has 0 saturated carbocycles. The molecule has 0 aliphatic carbocycles. The number of carbonyl (C=O) groups excluding carboxylic acids is 1. The number of nitrogens with one attached hydrogen (secondary N) is 1. The van der Waals surface area contributed by atoms with Crippen LogP contribution in [-0.4, -0.2) is 20.6 Å². The van der Waals surface area contributed by atoms with Crippen LogP contribution in [0, 0.1) is 15.9 Å². The van der Waals surface area contributed by atoms with Crippen molar-refractivity contribution in [1.82, 2.24) is 9.78 Å². The number of rotatable bonds is 5. The van der Waals surface area contributed by atoms with Crippen LogP contribution in [0.1, 0.15) is 0 Å². The Bertz CT molecular complexity index is 1370. The van der Waals surface area contributed by atoms with Crippen LogP contribution in [0.3, 0.4) is 0 Å². The molecule has 31 heavy (non-hydrogen) atoms. The lowest BCUT2D eigenvalue weighted by molar-refractivity contribution is -0.384. The number of hydrogen-bond donors (Lipinski definition) is 1. The Balaban J connectivity index is 1.76. The van der Waals surface area contributed by atoms with E-state index in [9.17, 15) is 24.1 Å². The van der Waals surface area contributed by atoms with Crippen LogP contribution in [0.4, 0.5) is 15.8 Å². The van der Waals surface area contributed by atoms with Gasteiger partial charge in [-0.05, 0) is 30.3 Å². The predicted molar refractivity (Wildman–Crippen MR) is 113 cm³/mol. The molecular formula is C22H15FN4O4. The van der Waals surface area contributed by atoms with E-state index in [1.807, 2.05) is 0 Å². The lowest BCUT2D eigenvalue weighted by Gasteiger charge is -2.11. The number of halogens is 1. The summed E-state index contributed by atoms with van der Waals surface area (Å²) in [6.45, 7) is -0.386. The van der Waals surface area contributed by atoms with Gasteiger partial charge in [0.1, 0.15) is 12.4 Å². The summed E-state index contributed by atoms with van der Waals surface area (Å²) in [5, 5.41) is 18.9. The van der Waals surface area contributed by atoms with Crippen LogP contribution in [0.5, 0.6) is 0 Å². The van der Waals surface area contributed by atoms with Crippen LogP contribution in [0.15, 0.2) is 77.6 Å². The summed E-state index contributed by atoms with van der Waals surface area (Å²) < 4.78 is 14.1. The number of carbonyl (C=O) groups is 1. The van der Waals surface area contributed by atoms with E-state index >= 15 is 0 Å². The maximum Gasteiger partial charge on any atom is 0.275 e. The average Bonchev–Trinajstić information content (AvgIpc) is 2.77. The van der Waals surface area contributed by atoms with Gasteiger partial charge in [-0.15, -0.1) is 0 Å². The molecule has 0 unspecified atom stereocenters. The summed E-state index contributed by atoms with van der Waals surface area (Å²) >= 11 is 0. The van der Waals surface area contributed by atoms with Gasteiger partial charge in [-0.1, -0.05) is 30.3 Å².